The molecular formula is C24H20ClNO5S2. The summed E-state index contributed by atoms with van der Waals surface area (Å²) in [7, 11) is -4.32. The van der Waals surface area contributed by atoms with Crippen LogP contribution in [-0.4, -0.2) is 14.3 Å². The second-order valence-corrected chi connectivity index (χ2v) is 11.6. The lowest BCUT2D eigenvalue weighted by Gasteiger charge is -2.24. The summed E-state index contributed by atoms with van der Waals surface area (Å²) in [6.45, 7) is 6.07. The van der Waals surface area contributed by atoms with Crippen LogP contribution in [0.25, 0.3) is 10.3 Å². The molecule has 1 amide bonds. The summed E-state index contributed by atoms with van der Waals surface area (Å²) in [6.07, 6.45) is 0. The molecule has 0 atom stereocenters. The highest BCUT2D eigenvalue weighted by molar-refractivity contribution is 7.93. The van der Waals surface area contributed by atoms with Gasteiger partial charge in [0.05, 0.1) is 25.9 Å². The van der Waals surface area contributed by atoms with E-state index in [0.717, 1.165) is 16.9 Å². The molecule has 0 N–H and O–H groups in total. The molecule has 170 valence electrons. The van der Waals surface area contributed by atoms with E-state index in [-0.39, 0.29) is 26.6 Å². The highest BCUT2D eigenvalue weighted by Gasteiger charge is 2.33. The number of carbonyl (C=O) groups is 1. The number of halogens is 1. The molecule has 0 unspecified atom stereocenters. The Morgan fingerprint density at radius 2 is 1.67 bits per heavy atom. The normalized spacial score (nSPS) is 12.1. The van der Waals surface area contributed by atoms with Crippen molar-refractivity contribution in [3.05, 3.63) is 92.6 Å². The SMILES string of the molecule is CC(C)(C)c1ccc(S(=O)(=O)N(C(=O)c2ccccc2Cl)c2ccc3oc(=O)sc3c2)cc1. The fraction of sp³-hybridized carbons (Fsp3) is 0.167. The minimum absolute atomic E-state index is 0.0366. The van der Waals surface area contributed by atoms with Crippen LogP contribution in [0.1, 0.15) is 36.7 Å². The molecule has 9 heteroatoms. The summed E-state index contributed by atoms with van der Waals surface area (Å²) in [5.74, 6) is -0.810. The number of hydrogen-bond acceptors (Lipinski definition) is 6. The Morgan fingerprint density at radius 1 is 1.00 bits per heavy atom. The molecule has 0 aliphatic heterocycles. The Labute approximate surface area is 200 Å². The van der Waals surface area contributed by atoms with Crippen LogP contribution in [0, 0.1) is 0 Å². The first-order chi connectivity index (χ1) is 15.5. The molecule has 0 spiro atoms. The zero-order chi connectivity index (χ0) is 24.0. The molecule has 0 fully saturated rings. The third-order valence-electron chi connectivity index (χ3n) is 5.10. The van der Waals surface area contributed by atoms with Crippen LogP contribution >= 0.6 is 22.9 Å². The van der Waals surface area contributed by atoms with E-state index in [9.17, 15) is 18.0 Å². The van der Waals surface area contributed by atoms with Gasteiger partial charge in [0.2, 0.25) is 0 Å². The summed E-state index contributed by atoms with van der Waals surface area (Å²) in [5, 5.41) is 0.125. The van der Waals surface area contributed by atoms with Crippen molar-refractivity contribution in [1.82, 2.24) is 0 Å². The highest BCUT2D eigenvalue weighted by Crippen LogP contribution is 2.32. The smallest absolute Gasteiger partial charge is 0.396 e. The van der Waals surface area contributed by atoms with Gasteiger partial charge in [0.1, 0.15) is 5.58 Å². The highest BCUT2D eigenvalue weighted by atomic mass is 35.5. The monoisotopic (exact) mass is 501 g/mol. The van der Waals surface area contributed by atoms with Crippen molar-refractivity contribution < 1.29 is 17.6 Å². The average Bonchev–Trinajstić information content (AvgIpc) is 3.13. The number of hydrogen-bond donors (Lipinski definition) is 0. The Morgan fingerprint density at radius 3 is 2.30 bits per heavy atom. The third-order valence-corrected chi connectivity index (χ3v) is 7.94. The van der Waals surface area contributed by atoms with Gasteiger partial charge in [-0.15, -0.1) is 0 Å². The molecule has 6 nitrogen and oxygen atoms in total. The fourth-order valence-corrected chi connectivity index (χ4v) is 5.65. The molecule has 0 bridgehead atoms. The van der Waals surface area contributed by atoms with Crippen LogP contribution in [0.2, 0.25) is 5.02 Å². The minimum atomic E-state index is -4.32. The van der Waals surface area contributed by atoms with Gasteiger partial charge in [-0.25, -0.2) is 13.2 Å². The maximum absolute atomic E-state index is 13.7. The van der Waals surface area contributed by atoms with E-state index in [2.05, 4.69) is 0 Å². The molecule has 4 aromatic rings. The topological polar surface area (TPSA) is 84.7 Å². The number of anilines is 1. The van der Waals surface area contributed by atoms with E-state index < -0.39 is 20.9 Å². The van der Waals surface area contributed by atoms with Crippen molar-refractivity contribution in [2.75, 3.05) is 4.31 Å². The fourth-order valence-electron chi connectivity index (χ4n) is 3.33. The summed E-state index contributed by atoms with van der Waals surface area (Å²) >= 11 is 7.04. The lowest BCUT2D eigenvalue weighted by molar-refractivity contribution is 0.101. The van der Waals surface area contributed by atoms with E-state index >= 15 is 0 Å². The van der Waals surface area contributed by atoms with Gasteiger partial charge in [-0.2, -0.15) is 4.31 Å². The number of benzene rings is 3. The second-order valence-electron chi connectivity index (χ2n) is 8.41. The van der Waals surface area contributed by atoms with Crippen molar-refractivity contribution >= 4 is 54.8 Å². The standard InChI is InChI=1S/C24H20ClNO5S2/c1-24(2,3)15-8-11-17(12-9-15)33(29,30)26(22(27)18-6-4-5-7-19(18)25)16-10-13-20-21(14-16)32-23(28)31-20/h4-14H,1-3H3. The van der Waals surface area contributed by atoms with E-state index in [0.29, 0.717) is 14.6 Å². The maximum atomic E-state index is 13.7. The van der Waals surface area contributed by atoms with E-state index in [1.54, 1.807) is 24.3 Å². The Kier molecular flexibility index (Phi) is 5.94. The van der Waals surface area contributed by atoms with Gasteiger partial charge in [0, 0.05) is 0 Å². The number of amides is 1. The van der Waals surface area contributed by atoms with Crippen molar-refractivity contribution in [3.63, 3.8) is 0 Å². The molecule has 0 saturated heterocycles. The molecule has 0 saturated carbocycles. The Balaban J connectivity index is 1.90. The average molecular weight is 502 g/mol. The van der Waals surface area contributed by atoms with Crippen molar-refractivity contribution in [1.29, 1.82) is 0 Å². The van der Waals surface area contributed by atoms with Gasteiger partial charge in [-0.3, -0.25) is 4.79 Å². The van der Waals surface area contributed by atoms with Crippen molar-refractivity contribution in [2.45, 2.75) is 31.1 Å². The van der Waals surface area contributed by atoms with Gasteiger partial charge in [-0.05, 0) is 53.4 Å². The summed E-state index contributed by atoms with van der Waals surface area (Å²) in [6, 6.07) is 17.0. The van der Waals surface area contributed by atoms with Crippen molar-refractivity contribution in [3.8, 4) is 0 Å². The zero-order valence-electron chi connectivity index (χ0n) is 18.0. The lowest BCUT2D eigenvalue weighted by Crippen LogP contribution is -2.37. The summed E-state index contributed by atoms with van der Waals surface area (Å²) in [4.78, 5) is 24.6. The van der Waals surface area contributed by atoms with Crippen LogP contribution < -0.4 is 9.24 Å². The number of rotatable bonds is 4. The third kappa shape index (κ3) is 4.46. The molecule has 0 radical (unpaired) electrons. The Hall–Kier alpha value is -2.94. The van der Waals surface area contributed by atoms with Crippen LogP contribution in [0.5, 0.6) is 0 Å². The molecule has 0 aliphatic rings. The maximum Gasteiger partial charge on any atom is 0.396 e. The Bertz CT molecular complexity index is 1510. The summed E-state index contributed by atoms with van der Waals surface area (Å²) < 4.78 is 33.7. The summed E-state index contributed by atoms with van der Waals surface area (Å²) in [5.41, 5.74) is 1.21. The van der Waals surface area contributed by atoms with E-state index in [1.165, 1.54) is 42.5 Å². The second kappa shape index (κ2) is 8.44. The number of fused-ring (bicyclic) bond motifs is 1. The first kappa shape index (κ1) is 23.2. The van der Waals surface area contributed by atoms with Gasteiger partial charge in [0.15, 0.2) is 0 Å². The molecule has 1 aromatic heterocycles. The molecule has 33 heavy (non-hydrogen) atoms. The predicted molar refractivity (Wildman–Crippen MR) is 131 cm³/mol. The van der Waals surface area contributed by atoms with Gasteiger partial charge in [-0.1, -0.05) is 68.0 Å². The quantitative estimate of drug-likeness (QED) is 0.350. The largest absolute Gasteiger partial charge is 0.414 e. The minimum Gasteiger partial charge on any atom is -0.414 e. The van der Waals surface area contributed by atoms with Crippen LogP contribution in [-0.2, 0) is 15.4 Å². The molecule has 0 aliphatic carbocycles. The number of carbonyl (C=O) groups excluding carboxylic acids is 1. The van der Waals surface area contributed by atoms with Crippen LogP contribution in [0.3, 0.4) is 0 Å². The van der Waals surface area contributed by atoms with E-state index in [1.807, 2.05) is 20.8 Å². The van der Waals surface area contributed by atoms with E-state index in [4.69, 9.17) is 16.0 Å². The van der Waals surface area contributed by atoms with Crippen LogP contribution in [0.4, 0.5) is 5.69 Å². The lowest BCUT2D eigenvalue weighted by atomic mass is 9.87. The number of nitrogens with zero attached hydrogens (tertiary/aromatic N) is 1. The molecule has 3 aromatic carbocycles. The molecule has 4 rings (SSSR count). The van der Waals surface area contributed by atoms with Crippen LogP contribution in [0.15, 0.2) is 80.8 Å². The molecular weight excluding hydrogens is 482 g/mol. The first-order valence-electron chi connectivity index (χ1n) is 9.97. The van der Waals surface area contributed by atoms with Gasteiger partial charge >= 0.3 is 4.94 Å². The van der Waals surface area contributed by atoms with Gasteiger partial charge < -0.3 is 4.42 Å². The van der Waals surface area contributed by atoms with Crippen molar-refractivity contribution in [2.24, 2.45) is 0 Å². The predicted octanol–water partition coefficient (Wildman–Crippen LogP) is 5.84. The molecule has 1 heterocycles. The first-order valence-corrected chi connectivity index (χ1v) is 12.6. The zero-order valence-corrected chi connectivity index (χ0v) is 20.4. The van der Waals surface area contributed by atoms with Gasteiger partial charge in [0.25, 0.3) is 15.9 Å². The number of sulfonamides is 1.